The Morgan fingerprint density at radius 2 is 1.91 bits per heavy atom. The predicted octanol–water partition coefficient (Wildman–Crippen LogP) is 4.05. The third-order valence-electron chi connectivity index (χ3n) is 7.14. The zero-order valence-electron chi connectivity index (χ0n) is 19.5. The third kappa shape index (κ3) is 5.29. The zero-order valence-corrected chi connectivity index (χ0v) is 19.5. The molecule has 0 radical (unpaired) electrons. The maximum absolute atomic E-state index is 13.7. The van der Waals surface area contributed by atoms with Crippen molar-refractivity contribution in [3.05, 3.63) is 30.1 Å². The summed E-state index contributed by atoms with van der Waals surface area (Å²) >= 11 is 0. The Bertz CT molecular complexity index is 871. The Hall–Kier alpha value is -2.06. The van der Waals surface area contributed by atoms with Crippen LogP contribution in [0, 0.1) is 0 Å². The normalized spacial score (nSPS) is 21.0. The number of hydrogen-bond acceptors (Lipinski definition) is 5. The molecule has 2 aliphatic rings. The number of anilines is 1. The van der Waals surface area contributed by atoms with Crippen molar-refractivity contribution in [2.24, 2.45) is 0 Å². The number of pyridine rings is 1. The predicted molar refractivity (Wildman–Crippen MR) is 124 cm³/mol. The summed E-state index contributed by atoms with van der Waals surface area (Å²) in [5, 5.41) is 0. The maximum Gasteiger partial charge on any atom is 0.260 e. The Labute approximate surface area is 190 Å². The first-order valence-corrected chi connectivity index (χ1v) is 12.0. The molecule has 2 aliphatic heterocycles. The summed E-state index contributed by atoms with van der Waals surface area (Å²) in [6.07, 6.45) is 5.81. The lowest BCUT2D eigenvalue weighted by atomic mass is 10.00. The number of aromatic amines is 1. The highest BCUT2D eigenvalue weighted by Crippen LogP contribution is 2.27. The number of nitrogens with zero attached hydrogens (tertiary/aromatic N) is 5. The van der Waals surface area contributed by atoms with Crippen LogP contribution in [0.3, 0.4) is 0 Å². The second kappa shape index (κ2) is 9.83. The summed E-state index contributed by atoms with van der Waals surface area (Å²) < 4.78 is 27.4. The van der Waals surface area contributed by atoms with E-state index in [2.05, 4.69) is 38.8 Å². The molecule has 1 atom stereocenters. The van der Waals surface area contributed by atoms with Gasteiger partial charge < -0.3 is 9.88 Å². The molecule has 0 unspecified atom stereocenters. The van der Waals surface area contributed by atoms with Crippen LogP contribution in [0.25, 0.3) is 11.5 Å². The first-order valence-electron chi connectivity index (χ1n) is 12.0. The highest BCUT2D eigenvalue weighted by atomic mass is 19.3. The number of aryl methyl sites for hydroxylation is 1. The molecule has 0 aliphatic carbocycles. The van der Waals surface area contributed by atoms with E-state index in [0.29, 0.717) is 6.04 Å². The van der Waals surface area contributed by atoms with E-state index in [1.165, 1.54) is 0 Å². The maximum atomic E-state index is 13.7. The lowest BCUT2D eigenvalue weighted by Crippen LogP contribution is -2.52. The highest BCUT2D eigenvalue weighted by Gasteiger charge is 2.37. The molecule has 4 rings (SSSR count). The number of halogens is 2. The van der Waals surface area contributed by atoms with Gasteiger partial charge in [-0.2, -0.15) is 0 Å². The number of alkyl halides is 2. The molecule has 2 aromatic heterocycles. The second-order valence-corrected chi connectivity index (χ2v) is 9.27. The van der Waals surface area contributed by atoms with Crippen molar-refractivity contribution in [2.75, 3.05) is 44.2 Å². The van der Waals surface area contributed by atoms with Crippen LogP contribution in [0.5, 0.6) is 0 Å². The Balaban J connectivity index is 1.34. The van der Waals surface area contributed by atoms with Crippen molar-refractivity contribution < 1.29 is 8.78 Å². The number of likely N-dealkylation sites (tertiary alicyclic amines) is 1. The van der Waals surface area contributed by atoms with Gasteiger partial charge in [-0.05, 0) is 44.7 Å². The van der Waals surface area contributed by atoms with Crippen LogP contribution in [-0.2, 0) is 6.42 Å². The molecule has 0 saturated carbocycles. The number of hydrogen-bond donors (Lipinski definition) is 1. The van der Waals surface area contributed by atoms with Gasteiger partial charge >= 0.3 is 0 Å². The van der Waals surface area contributed by atoms with Gasteiger partial charge in [0.15, 0.2) is 5.82 Å². The van der Waals surface area contributed by atoms with Gasteiger partial charge in [-0.25, -0.2) is 18.7 Å². The Kier molecular flexibility index (Phi) is 7.10. The molecule has 1 N–H and O–H groups in total. The van der Waals surface area contributed by atoms with E-state index in [-0.39, 0.29) is 0 Å². The average Bonchev–Trinajstić information content (AvgIpc) is 3.15. The van der Waals surface area contributed by atoms with E-state index in [0.717, 1.165) is 94.9 Å². The summed E-state index contributed by atoms with van der Waals surface area (Å²) in [7, 11) is 0. The van der Waals surface area contributed by atoms with Crippen molar-refractivity contribution >= 4 is 5.82 Å². The fraction of sp³-hybridized carbons (Fsp3) is 0.667. The van der Waals surface area contributed by atoms with Crippen LogP contribution >= 0.6 is 0 Å². The minimum absolute atomic E-state index is 0.485. The van der Waals surface area contributed by atoms with Gasteiger partial charge in [0.05, 0.1) is 6.04 Å². The van der Waals surface area contributed by atoms with Gasteiger partial charge in [-0.1, -0.05) is 13.0 Å². The van der Waals surface area contributed by atoms with Crippen molar-refractivity contribution in [3.8, 4) is 11.5 Å². The van der Waals surface area contributed by atoms with Crippen LogP contribution < -0.4 is 4.90 Å². The van der Waals surface area contributed by atoms with Gasteiger partial charge in [0.2, 0.25) is 0 Å². The van der Waals surface area contributed by atoms with Crippen LogP contribution in [0.2, 0.25) is 0 Å². The van der Waals surface area contributed by atoms with E-state index in [1.807, 2.05) is 17.2 Å². The number of imidazole rings is 1. The first-order chi connectivity index (χ1) is 15.3. The molecule has 2 saturated heterocycles. The van der Waals surface area contributed by atoms with E-state index in [1.54, 1.807) is 6.92 Å². The molecule has 8 heteroatoms. The minimum atomic E-state index is -2.65. The fourth-order valence-corrected chi connectivity index (χ4v) is 4.89. The smallest absolute Gasteiger partial charge is 0.260 e. The van der Waals surface area contributed by atoms with E-state index >= 15 is 0 Å². The topological polar surface area (TPSA) is 51.3 Å². The monoisotopic (exact) mass is 446 g/mol. The number of rotatable bonds is 6. The number of piperidine rings is 1. The molecule has 0 spiro atoms. The third-order valence-corrected chi connectivity index (χ3v) is 7.14. The van der Waals surface area contributed by atoms with E-state index in [9.17, 15) is 8.78 Å². The average molecular weight is 447 g/mol. The van der Waals surface area contributed by atoms with Gasteiger partial charge in [-0.3, -0.25) is 9.80 Å². The molecule has 32 heavy (non-hydrogen) atoms. The quantitative estimate of drug-likeness (QED) is 0.725. The van der Waals surface area contributed by atoms with Crippen molar-refractivity contribution in [2.45, 2.75) is 64.5 Å². The van der Waals surface area contributed by atoms with E-state index in [4.69, 9.17) is 4.98 Å². The number of aromatic nitrogens is 3. The Morgan fingerprint density at radius 3 is 2.59 bits per heavy atom. The summed E-state index contributed by atoms with van der Waals surface area (Å²) in [5.74, 6) is -0.836. The van der Waals surface area contributed by atoms with Crippen molar-refractivity contribution in [1.29, 1.82) is 0 Å². The van der Waals surface area contributed by atoms with Crippen LogP contribution in [0.1, 0.15) is 45.7 Å². The van der Waals surface area contributed by atoms with E-state index < -0.39 is 12.0 Å². The number of nitrogens with one attached hydrogen (secondary N) is 1. The lowest BCUT2D eigenvalue weighted by molar-refractivity contribution is -0.0692. The van der Waals surface area contributed by atoms with Crippen LogP contribution in [0.4, 0.5) is 14.6 Å². The van der Waals surface area contributed by atoms with Gasteiger partial charge in [0.25, 0.3) is 5.92 Å². The van der Waals surface area contributed by atoms with Crippen molar-refractivity contribution in [3.63, 3.8) is 0 Å². The standard InChI is InChI=1S/C24H36F2N6/c1-4-19-17-27-23(28-19)21-7-5-8-22(29-21)32-12-6-11-31(15-16-32)20-9-13-30(14-10-20)18(2)24(3,25)26/h5,7-8,17-18,20H,4,6,9-16H2,1-3H3,(H,27,28)/t18-/m0/s1. The number of H-pyrrole nitrogens is 1. The molecule has 4 heterocycles. The lowest BCUT2D eigenvalue weighted by Gasteiger charge is -2.41. The molecule has 0 aromatic carbocycles. The molecule has 0 amide bonds. The molecule has 2 aromatic rings. The second-order valence-electron chi connectivity index (χ2n) is 9.27. The summed E-state index contributed by atoms with van der Waals surface area (Å²) in [6.45, 7) is 10.2. The SMILES string of the molecule is CCc1cnc(-c2cccc(N3CCCN(C4CCN([C@@H](C)C(C)(F)F)CC4)CC3)n2)[nH]1. The largest absolute Gasteiger partial charge is 0.355 e. The fourth-order valence-electron chi connectivity index (χ4n) is 4.89. The van der Waals surface area contributed by atoms with Gasteiger partial charge in [0.1, 0.15) is 11.5 Å². The molecule has 2 fully saturated rings. The summed E-state index contributed by atoms with van der Waals surface area (Å²) in [5.41, 5.74) is 1.98. The van der Waals surface area contributed by atoms with Gasteiger partial charge in [-0.15, -0.1) is 0 Å². The summed E-state index contributed by atoms with van der Waals surface area (Å²) in [6, 6.07) is 5.92. The first kappa shape index (κ1) is 23.1. The minimum Gasteiger partial charge on any atom is -0.355 e. The molecule has 0 bridgehead atoms. The molecule has 6 nitrogen and oxygen atoms in total. The van der Waals surface area contributed by atoms with Crippen LogP contribution in [-0.4, -0.2) is 82.0 Å². The van der Waals surface area contributed by atoms with Crippen molar-refractivity contribution in [1.82, 2.24) is 24.8 Å². The summed E-state index contributed by atoms with van der Waals surface area (Å²) in [4.78, 5) is 19.6. The van der Waals surface area contributed by atoms with Crippen LogP contribution in [0.15, 0.2) is 24.4 Å². The zero-order chi connectivity index (χ0) is 22.7. The molecule has 176 valence electrons. The molecular formula is C24H36F2N6. The van der Waals surface area contributed by atoms with Gasteiger partial charge in [0, 0.05) is 64.1 Å². The molecular weight excluding hydrogens is 410 g/mol. The Morgan fingerprint density at radius 1 is 1.12 bits per heavy atom. The highest BCUT2D eigenvalue weighted by molar-refractivity contribution is 5.54.